The molecule has 5 nitrogen and oxygen atoms in total. The molecule has 0 rings (SSSR count). The first-order chi connectivity index (χ1) is 1.73. The SMILES string of the molecule is O=C([O-])[O-].[NH2-].[NH2-].[Ni+2].[Ni+2]. The molecular weight excluding hydrogens is 205 g/mol. The van der Waals surface area contributed by atoms with Gasteiger partial charge in [-0.1, -0.05) is 0 Å². The van der Waals surface area contributed by atoms with Gasteiger partial charge < -0.3 is 27.3 Å². The van der Waals surface area contributed by atoms with E-state index < -0.39 is 6.16 Å². The van der Waals surface area contributed by atoms with Crippen LogP contribution in [0.3, 0.4) is 0 Å². The molecule has 0 saturated heterocycles. The van der Waals surface area contributed by atoms with Gasteiger partial charge >= 0.3 is 33.0 Å². The molecule has 0 aromatic heterocycles. The molecular formula is CH4N2Ni2O3. The first-order valence-corrected chi connectivity index (χ1v) is 0.612. The van der Waals surface area contributed by atoms with Crippen LogP contribution in [0.5, 0.6) is 0 Å². The molecule has 0 unspecified atom stereocenters. The summed E-state index contributed by atoms with van der Waals surface area (Å²) in [7, 11) is 0. The Morgan fingerprint density at radius 1 is 1.00 bits per heavy atom. The average molecular weight is 209 g/mol. The van der Waals surface area contributed by atoms with E-state index in [9.17, 15) is 0 Å². The predicted octanol–water partition coefficient (Wildman–Crippen LogP) is -1.02. The van der Waals surface area contributed by atoms with Crippen LogP contribution in [0.15, 0.2) is 0 Å². The number of nitrogens with two attached hydrogens (primary N) is 2. The number of carboxylic acid groups (broad SMARTS) is 2. The molecule has 0 aromatic carbocycles. The Bertz CT molecular complexity index is 38.3. The molecule has 8 heavy (non-hydrogen) atoms. The third kappa shape index (κ3) is 5280. The number of carbonyl (C=O) groups is 1. The molecule has 0 amide bonds. The van der Waals surface area contributed by atoms with Gasteiger partial charge in [-0.3, -0.25) is 0 Å². The number of hydrogen-bond donors (Lipinski definition) is 0. The summed E-state index contributed by atoms with van der Waals surface area (Å²) < 4.78 is 0. The van der Waals surface area contributed by atoms with Crippen LogP contribution in [0.4, 0.5) is 4.79 Å². The van der Waals surface area contributed by atoms with Gasteiger partial charge in [-0.2, -0.15) is 0 Å². The molecule has 7 heteroatoms. The number of carbonyl (C=O) groups excluding carboxylic acids is 1. The monoisotopic (exact) mass is 208 g/mol. The van der Waals surface area contributed by atoms with Crippen molar-refractivity contribution in [3.05, 3.63) is 12.3 Å². The fraction of sp³-hybridized carbons (Fsp3) is 0. The zero-order valence-corrected chi connectivity index (χ0v) is 5.49. The quantitative estimate of drug-likeness (QED) is 0.473. The third-order valence-corrected chi connectivity index (χ3v) is 0. The van der Waals surface area contributed by atoms with Crippen LogP contribution >= 0.6 is 0 Å². The maximum Gasteiger partial charge on any atom is 2.00 e. The minimum absolute atomic E-state index is 0. The van der Waals surface area contributed by atoms with Gasteiger partial charge in [-0.05, 0) is 6.16 Å². The summed E-state index contributed by atoms with van der Waals surface area (Å²) in [6.07, 6.45) is -2.33. The van der Waals surface area contributed by atoms with Crippen molar-refractivity contribution < 1.29 is 48.0 Å². The zero-order chi connectivity index (χ0) is 3.58. The first-order valence-electron chi connectivity index (χ1n) is 0.612. The van der Waals surface area contributed by atoms with Crippen LogP contribution in [0.2, 0.25) is 0 Å². The van der Waals surface area contributed by atoms with Crippen LogP contribution < -0.4 is 10.2 Å². The van der Waals surface area contributed by atoms with Gasteiger partial charge in [0.05, 0.1) is 0 Å². The predicted molar refractivity (Wildman–Crippen MR) is 16.0 cm³/mol. The fourth-order valence-electron chi connectivity index (χ4n) is 0. The molecule has 0 bridgehead atoms. The molecule has 0 spiro atoms. The van der Waals surface area contributed by atoms with Crippen molar-refractivity contribution in [2.75, 3.05) is 0 Å². The normalized spacial score (nSPS) is 3.00. The first kappa shape index (κ1) is 41.7. The molecule has 0 aromatic rings. The Morgan fingerprint density at radius 3 is 1.00 bits per heavy atom. The number of rotatable bonds is 0. The van der Waals surface area contributed by atoms with Crippen molar-refractivity contribution in [3.63, 3.8) is 0 Å². The second kappa shape index (κ2) is 27.1. The summed E-state index contributed by atoms with van der Waals surface area (Å²) in [5.74, 6) is 0. The summed E-state index contributed by atoms with van der Waals surface area (Å²) >= 11 is 0. The van der Waals surface area contributed by atoms with E-state index in [1.165, 1.54) is 0 Å². The van der Waals surface area contributed by atoms with E-state index in [-0.39, 0.29) is 45.3 Å². The van der Waals surface area contributed by atoms with Crippen LogP contribution in [0.25, 0.3) is 12.3 Å². The van der Waals surface area contributed by atoms with Crippen molar-refractivity contribution in [3.8, 4) is 0 Å². The van der Waals surface area contributed by atoms with Crippen LogP contribution in [-0.4, -0.2) is 6.16 Å². The smallest absolute Gasteiger partial charge is 0.693 e. The Hall–Kier alpha value is 0.177. The Balaban J connectivity index is -0.00000000750. The second-order valence-electron chi connectivity index (χ2n) is 0.250. The van der Waals surface area contributed by atoms with Gasteiger partial charge in [-0.15, -0.1) is 0 Å². The van der Waals surface area contributed by atoms with E-state index in [0.29, 0.717) is 0 Å². The summed E-state index contributed by atoms with van der Waals surface area (Å²) in [4.78, 5) is 8.33. The van der Waals surface area contributed by atoms with Gasteiger partial charge in [0.2, 0.25) is 0 Å². The zero-order valence-electron chi connectivity index (χ0n) is 3.51. The topological polar surface area (TPSA) is 130 Å². The van der Waals surface area contributed by atoms with Crippen molar-refractivity contribution in [2.24, 2.45) is 0 Å². The van der Waals surface area contributed by atoms with E-state index in [4.69, 9.17) is 15.0 Å². The maximum absolute atomic E-state index is 8.33. The molecule has 0 aliphatic rings. The minimum atomic E-state index is -2.33. The third-order valence-electron chi connectivity index (χ3n) is 0. The number of hydrogen-bond acceptors (Lipinski definition) is 3. The van der Waals surface area contributed by atoms with Crippen LogP contribution in [-0.2, 0) is 33.0 Å². The summed E-state index contributed by atoms with van der Waals surface area (Å²) in [5.41, 5.74) is 0. The van der Waals surface area contributed by atoms with E-state index in [2.05, 4.69) is 0 Å². The molecule has 0 aliphatic carbocycles. The van der Waals surface area contributed by atoms with Gasteiger partial charge in [0.25, 0.3) is 0 Å². The van der Waals surface area contributed by atoms with E-state index >= 15 is 0 Å². The van der Waals surface area contributed by atoms with Crippen molar-refractivity contribution >= 4 is 6.16 Å². The van der Waals surface area contributed by atoms with E-state index in [0.717, 1.165) is 0 Å². The molecule has 0 aliphatic heterocycles. The molecule has 4 N–H and O–H groups in total. The average Bonchev–Trinajstić information content (AvgIpc) is 0.811. The standard InChI is InChI=1S/CH2O3.2H2N.2Ni/c2-1(3)4;;;;/h(H2,2,3,4);2*1H2;;/q;2*-1;2*+2/p-2. The fourth-order valence-corrected chi connectivity index (χ4v) is 0. The maximum atomic E-state index is 8.33. The summed E-state index contributed by atoms with van der Waals surface area (Å²) in [6.45, 7) is 0. The van der Waals surface area contributed by atoms with Crippen LogP contribution in [0, 0.1) is 0 Å². The molecule has 0 saturated carbocycles. The minimum Gasteiger partial charge on any atom is -0.693 e. The Kier molecular flexibility index (Phi) is 142. The largest absolute Gasteiger partial charge is 2.00 e. The Labute approximate surface area is 66.9 Å². The molecule has 56 valence electrons. The van der Waals surface area contributed by atoms with E-state index in [1.807, 2.05) is 0 Å². The van der Waals surface area contributed by atoms with Gasteiger partial charge in [0.15, 0.2) is 0 Å². The molecule has 0 radical (unpaired) electrons. The van der Waals surface area contributed by atoms with Crippen LogP contribution in [0.1, 0.15) is 0 Å². The van der Waals surface area contributed by atoms with Gasteiger partial charge in [0, 0.05) is 0 Å². The Morgan fingerprint density at radius 2 is 1.00 bits per heavy atom. The molecule has 0 fully saturated rings. The van der Waals surface area contributed by atoms with Crippen molar-refractivity contribution in [1.82, 2.24) is 0 Å². The molecule has 0 atom stereocenters. The van der Waals surface area contributed by atoms with Crippen molar-refractivity contribution in [2.45, 2.75) is 0 Å². The van der Waals surface area contributed by atoms with Gasteiger partial charge in [-0.25, -0.2) is 0 Å². The van der Waals surface area contributed by atoms with Crippen molar-refractivity contribution in [1.29, 1.82) is 0 Å². The van der Waals surface area contributed by atoms with E-state index in [1.54, 1.807) is 0 Å². The molecule has 0 heterocycles. The summed E-state index contributed by atoms with van der Waals surface area (Å²) in [5, 5.41) is 16.7. The summed E-state index contributed by atoms with van der Waals surface area (Å²) in [6, 6.07) is 0. The second-order valence-corrected chi connectivity index (χ2v) is 0.250. The van der Waals surface area contributed by atoms with Gasteiger partial charge in [0.1, 0.15) is 0 Å².